The number of nitrogens with one attached hydrogen (secondary N) is 1. The quantitative estimate of drug-likeness (QED) is 0.556. The van der Waals surface area contributed by atoms with E-state index in [2.05, 4.69) is 4.98 Å². The van der Waals surface area contributed by atoms with Crippen molar-refractivity contribution in [2.45, 2.75) is 6.61 Å². The summed E-state index contributed by atoms with van der Waals surface area (Å²) in [6.45, 7) is 0.642. The average Bonchev–Trinajstić information content (AvgIpc) is 2.18. The van der Waals surface area contributed by atoms with Crippen molar-refractivity contribution in [3.63, 3.8) is 0 Å². The number of imidazole rings is 1. The maximum absolute atomic E-state index is 4.91. The third kappa shape index (κ3) is 1.29. The number of nitrogens with zero attached hydrogens (tertiary/aromatic N) is 1. The number of methoxy groups -OCH3 is 1. The molecule has 50 valence electrons. The fourth-order valence-electron chi connectivity index (χ4n) is 0.717. The topological polar surface area (TPSA) is 28.9 Å². The molecule has 0 unspecified atom stereocenters. The van der Waals surface area contributed by atoms with Gasteiger partial charge < -0.3 is 4.74 Å². The smallest absolute Gasteiger partial charge is 0.280 e. The molecule has 0 saturated heterocycles. The molecule has 0 amide bonds. The Morgan fingerprint density at radius 3 is 3.00 bits per heavy atom. The molecule has 0 saturated carbocycles. The molecule has 0 atom stereocenters. The Labute approximate surface area is 54.3 Å². The van der Waals surface area contributed by atoms with Gasteiger partial charge >= 0.3 is 0 Å². The Kier molecular flexibility index (Phi) is 1.85. The van der Waals surface area contributed by atoms with Crippen LogP contribution in [0.15, 0.2) is 12.4 Å². The standard InChI is InChI=1S/C6H10N2O/c1-8-4-3-7-6(8)5-9-2/h3-4H,5H2,1-2H3/p+1. The van der Waals surface area contributed by atoms with Crippen LogP contribution in [0.4, 0.5) is 0 Å². The number of rotatable bonds is 2. The van der Waals surface area contributed by atoms with Crippen molar-refractivity contribution in [2.24, 2.45) is 7.05 Å². The van der Waals surface area contributed by atoms with E-state index < -0.39 is 0 Å². The van der Waals surface area contributed by atoms with Crippen molar-refractivity contribution in [1.29, 1.82) is 0 Å². The second kappa shape index (κ2) is 2.64. The van der Waals surface area contributed by atoms with E-state index in [1.165, 1.54) is 0 Å². The molecule has 9 heavy (non-hydrogen) atoms. The molecule has 0 aromatic carbocycles. The van der Waals surface area contributed by atoms with Gasteiger partial charge in [0.05, 0.1) is 7.05 Å². The van der Waals surface area contributed by atoms with E-state index in [9.17, 15) is 0 Å². The third-order valence-electron chi connectivity index (χ3n) is 1.25. The predicted octanol–water partition coefficient (Wildman–Crippen LogP) is -0.0144. The summed E-state index contributed by atoms with van der Waals surface area (Å²) in [6.07, 6.45) is 3.84. The van der Waals surface area contributed by atoms with Gasteiger partial charge in [-0.05, 0) is 0 Å². The van der Waals surface area contributed by atoms with E-state index in [0.717, 1.165) is 5.82 Å². The second-order valence-electron chi connectivity index (χ2n) is 1.95. The van der Waals surface area contributed by atoms with Crippen molar-refractivity contribution in [1.82, 2.24) is 4.98 Å². The lowest BCUT2D eigenvalue weighted by molar-refractivity contribution is -0.679. The van der Waals surface area contributed by atoms with Gasteiger partial charge in [-0.15, -0.1) is 0 Å². The number of aryl methyl sites for hydroxylation is 1. The molecule has 1 aromatic heterocycles. The van der Waals surface area contributed by atoms with Crippen molar-refractivity contribution >= 4 is 0 Å². The first-order valence-corrected chi connectivity index (χ1v) is 2.85. The summed E-state index contributed by atoms with van der Waals surface area (Å²) >= 11 is 0. The van der Waals surface area contributed by atoms with Crippen molar-refractivity contribution in [2.75, 3.05) is 7.11 Å². The van der Waals surface area contributed by atoms with Crippen LogP contribution in [-0.4, -0.2) is 12.1 Å². The van der Waals surface area contributed by atoms with Crippen LogP contribution in [0.5, 0.6) is 0 Å². The Morgan fingerprint density at radius 1 is 1.78 bits per heavy atom. The van der Waals surface area contributed by atoms with Crippen LogP contribution in [0.1, 0.15) is 5.82 Å². The van der Waals surface area contributed by atoms with Crippen LogP contribution >= 0.6 is 0 Å². The highest BCUT2D eigenvalue weighted by Crippen LogP contribution is 1.85. The molecule has 0 bridgehead atoms. The summed E-state index contributed by atoms with van der Waals surface area (Å²) in [5.41, 5.74) is 0. The highest BCUT2D eigenvalue weighted by Gasteiger charge is 2.02. The highest BCUT2D eigenvalue weighted by molar-refractivity contribution is 4.72. The van der Waals surface area contributed by atoms with Crippen LogP contribution in [0.2, 0.25) is 0 Å². The summed E-state index contributed by atoms with van der Waals surface area (Å²) in [6, 6.07) is 0. The maximum atomic E-state index is 4.91. The molecule has 1 heterocycles. The Morgan fingerprint density at radius 2 is 2.56 bits per heavy atom. The van der Waals surface area contributed by atoms with Crippen LogP contribution in [0, 0.1) is 0 Å². The maximum Gasteiger partial charge on any atom is 0.280 e. The second-order valence-corrected chi connectivity index (χ2v) is 1.95. The van der Waals surface area contributed by atoms with Crippen LogP contribution in [-0.2, 0) is 18.4 Å². The van der Waals surface area contributed by atoms with Crippen LogP contribution < -0.4 is 4.57 Å². The Bertz CT molecular complexity index is 183. The number of aromatic nitrogens is 2. The molecule has 0 aliphatic rings. The zero-order valence-corrected chi connectivity index (χ0v) is 5.72. The molecule has 1 N–H and O–H groups in total. The van der Waals surface area contributed by atoms with Gasteiger partial charge in [0.25, 0.3) is 5.82 Å². The van der Waals surface area contributed by atoms with Crippen molar-refractivity contribution in [3.05, 3.63) is 18.2 Å². The minimum atomic E-state index is 0.642. The summed E-state index contributed by atoms with van der Waals surface area (Å²) in [5.74, 6) is 1.08. The molecular weight excluding hydrogens is 116 g/mol. The van der Waals surface area contributed by atoms with Gasteiger partial charge in [-0.2, -0.15) is 0 Å². The predicted molar refractivity (Wildman–Crippen MR) is 32.7 cm³/mol. The first-order chi connectivity index (χ1) is 4.34. The van der Waals surface area contributed by atoms with Gasteiger partial charge in [0, 0.05) is 7.11 Å². The molecule has 1 aromatic rings. The fraction of sp³-hybridized carbons (Fsp3) is 0.500. The monoisotopic (exact) mass is 127 g/mol. The zero-order valence-electron chi connectivity index (χ0n) is 5.72. The van der Waals surface area contributed by atoms with E-state index in [1.54, 1.807) is 7.11 Å². The van der Waals surface area contributed by atoms with Crippen molar-refractivity contribution in [3.8, 4) is 0 Å². The van der Waals surface area contributed by atoms with E-state index in [4.69, 9.17) is 4.74 Å². The summed E-state index contributed by atoms with van der Waals surface area (Å²) in [7, 11) is 3.66. The first-order valence-electron chi connectivity index (χ1n) is 2.85. The third-order valence-corrected chi connectivity index (χ3v) is 1.25. The fourth-order valence-corrected chi connectivity index (χ4v) is 0.717. The molecule has 0 spiro atoms. The number of H-pyrrole nitrogens is 1. The van der Waals surface area contributed by atoms with Crippen LogP contribution in [0.3, 0.4) is 0 Å². The number of hydrogen-bond acceptors (Lipinski definition) is 1. The lowest BCUT2D eigenvalue weighted by Gasteiger charge is -1.89. The Balaban J connectivity index is 2.69. The molecule has 1 rings (SSSR count). The molecule has 3 nitrogen and oxygen atoms in total. The first kappa shape index (κ1) is 6.29. The molecule has 0 aliphatic carbocycles. The zero-order chi connectivity index (χ0) is 6.69. The number of aromatic amines is 1. The molecule has 0 fully saturated rings. The lowest BCUT2D eigenvalue weighted by Crippen LogP contribution is -2.30. The van der Waals surface area contributed by atoms with Gasteiger partial charge in [-0.1, -0.05) is 0 Å². The van der Waals surface area contributed by atoms with Gasteiger partial charge in [0.1, 0.15) is 19.0 Å². The minimum Gasteiger partial charge on any atom is -0.372 e. The summed E-state index contributed by atoms with van der Waals surface area (Å²) < 4.78 is 6.90. The lowest BCUT2D eigenvalue weighted by atomic mass is 10.6. The Hall–Kier alpha value is -0.830. The van der Waals surface area contributed by atoms with Gasteiger partial charge in [-0.3, -0.25) is 0 Å². The number of hydrogen-bond donors (Lipinski definition) is 1. The van der Waals surface area contributed by atoms with E-state index in [0.29, 0.717) is 6.61 Å². The van der Waals surface area contributed by atoms with Crippen LogP contribution in [0.25, 0.3) is 0 Å². The highest BCUT2D eigenvalue weighted by atomic mass is 16.5. The van der Waals surface area contributed by atoms with E-state index in [-0.39, 0.29) is 0 Å². The minimum absolute atomic E-state index is 0.642. The molecule has 0 aliphatic heterocycles. The average molecular weight is 127 g/mol. The SMILES string of the molecule is COCc1[nH]cc[n+]1C. The molecular formula is C6H11N2O+. The van der Waals surface area contributed by atoms with E-state index >= 15 is 0 Å². The number of ether oxygens (including phenoxy) is 1. The largest absolute Gasteiger partial charge is 0.372 e. The summed E-state index contributed by atoms with van der Waals surface area (Å²) in [5, 5.41) is 0. The molecule has 0 radical (unpaired) electrons. The normalized spacial score (nSPS) is 10.0. The van der Waals surface area contributed by atoms with Gasteiger partial charge in [-0.25, -0.2) is 9.55 Å². The van der Waals surface area contributed by atoms with Gasteiger partial charge in [0.15, 0.2) is 0 Å². The van der Waals surface area contributed by atoms with Crippen molar-refractivity contribution < 1.29 is 9.30 Å². The molecule has 3 heteroatoms. The van der Waals surface area contributed by atoms with E-state index in [1.807, 2.05) is 24.0 Å². The van der Waals surface area contributed by atoms with Gasteiger partial charge in [0.2, 0.25) is 0 Å². The summed E-state index contributed by atoms with van der Waals surface area (Å²) in [4.78, 5) is 3.04.